The van der Waals surface area contributed by atoms with Crippen LogP contribution in [0.5, 0.6) is 5.75 Å². The zero-order valence-electron chi connectivity index (χ0n) is 21.6. The van der Waals surface area contributed by atoms with Crippen molar-refractivity contribution < 1.29 is 14.0 Å². The Morgan fingerprint density at radius 3 is 2.42 bits per heavy atom. The largest absolute Gasteiger partial charge is 0.494 e. The average Bonchev–Trinajstić information content (AvgIpc) is 3.24. The molecule has 3 rings (SSSR count). The highest BCUT2D eigenvalue weighted by molar-refractivity contribution is 6.74. The number of hydrogen-bond acceptors (Lipinski definition) is 4. The van der Waals surface area contributed by atoms with E-state index in [1.165, 1.54) is 0 Å². The molecule has 0 spiro atoms. The first-order valence-electron chi connectivity index (χ1n) is 12.0. The molecule has 1 aromatic heterocycles. The lowest BCUT2D eigenvalue weighted by Crippen LogP contribution is -2.45. The highest BCUT2D eigenvalue weighted by atomic mass is 35.5. The van der Waals surface area contributed by atoms with E-state index in [9.17, 15) is 4.79 Å². The van der Waals surface area contributed by atoms with E-state index in [0.717, 1.165) is 29.7 Å². The van der Waals surface area contributed by atoms with Crippen molar-refractivity contribution in [3.05, 3.63) is 70.7 Å². The Kier molecular flexibility index (Phi) is 9.27. The van der Waals surface area contributed by atoms with Crippen LogP contribution in [0, 0.1) is 0 Å². The molecule has 0 fully saturated rings. The number of amides is 1. The van der Waals surface area contributed by atoms with E-state index in [1.807, 2.05) is 41.0 Å². The number of halogens is 2. The van der Waals surface area contributed by atoms with E-state index in [0.29, 0.717) is 23.2 Å². The average molecular weight is 549 g/mol. The summed E-state index contributed by atoms with van der Waals surface area (Å²) in [4.78, 5) is 15.5. The summed E-state index contributed by atoms with van der Waals surface area (Å²) in [6.45, 7) is 12.3. The summed E-state index contributed by atoms with van der Waals surface area (Å²) in [5, 5.41) is 1.27. The Morgan fingerprint density at radius 1 is 1.11 bits per heavy atom. The van der Waals surface area contributed by atoms with Crippen LogP contribution in [-0.4, -0.2) is 36.5 Å². The van der Waals surface area contributed by atoms with E-state index in [2.05, 4.69) is 38.8 Å². The standard InChI is InChI=1S/C27H35Cl2N3O3Si/c1-27(2,3)36(4,5)35-24(16-32-17-25(26(30)33)31-18-32)10-7-11-34-23-9-6-8-19(14-23)20-12-21(28)15-22(29)13-20/h6,8-9,12-15,17-18,24H,7,10-11,16H2,1-5H3,(H2,30,33). The van der Waals surface area contributed by atoms with Crippen molar-refractivity contribution in [2.24, 2.45) is 5.73 Å². The van der Waals surface area contributed by atoms with Crippen molar-refractivity contribution in [3.63, 3.8) is 0 Å². The van der Waals surface area contributed by atoms with Gasteiger partial charge in [-0.3, -0.25) is 4.79 Å². The monoisotopic (exact) mass is 547 g/mol. The van der Waals surface area contributed by atoms with Crippen LogP contribution in [0.4, 0.5) is 0 Å². The minimum atomic E-state index is -2.00. The van der Waals surface area contributed by atoms with Crippen LogP contribution in [0.1, 0.15) is 44.1 Å². The van der Waals surface area contributed by atoms with Crippen molar-refractivity contribution >= 4 is 37.4 Å². The zero-order chi connectivity index (χ0) is 26.5. The van der Waals surface area contributed by atoms with E-state index in [-0.39, 0.29) is 16.8 Å². The first-order chi connectivity index (χ1) is 16.8. The maximum absolute atomic E-state index is 11.4. The van der Waals surface area contributed by atoms with Crippen LogP contribution in [0.15, 0.2) is 55.0 Å². The molecule has 6 nitrogen and oxygen atoms in total. The van der Waals surface area contributed by atoms with Crippen LogP contribution in [-0.2, 0) is 11.0 Å². The fourth-order valence-corrected chi connectivity index (χ4v) is 5.50. The van der Waals surface area contributed by atoms with Gasteiger partial charge in [-0.25, -0.2) is 4.98 Å². The Labute approximate surface area is 224 Å². The molecule has 0 bridgehead atoms. The second-order valence-corrected chi connectivity index (χ2v) is 16.1. The van der Waals surface area contributed by atoms with Gasteiger partial charge in [0, 0.05) is 22.8 Å². The summed E-state index contributed by atoms with van der Waals surface area (Å²) in [6, 6.07) is 13.4. The third-order valence-electron chi connectivity index (χ3n) is 6.54. The van der Waals surface area contributed by atoms with E-state index in [4.69, 9.17) is 38.1 Å². The smallest absolute Gasteiger partial charge is 0.268 e. The van der Waals surface area contributed by atoms with Gasteiger partial charge in [-0.15, -0.1) is 0 Å². The van der Waals surface area contributed by atoms with Crippen molar-refractivity contribution in [3.8, 4) is 16.9 Å². The van der Waals surface area contributed by atoms with Gasteiger partial charge in [-0.05, 0) is 72.4 Å². The van der Waals surface area contributed by atoms with Crippen LogP contribution >= 0.6 is 23.2 Å². The third-order valence-corrected chi connectivity index (χ3v) is 11.5. The topological polar surface area (TPSA) is 79.4 Å². The molecule has 9 heteroatoms. The first kappa shape index (κ1) is 28.3. The number of rotatable bonds is 11. The molecule has 0 aliphatic rings. The lowest BCUT2D eigenvalue weighted by molar-refractivity contribution is 0.0995. The number of ether oxygens (including phenoxy) is 1. The number of primary amides is 1. The highest BCUT2D eigenvalue weighted by Crippen LogP contribution is 2.38. The summed E-state index contributed by atoms with van der Waals surface area (Å²) in [5.41, 5.74) is 7.55. The van der Waals surface area contributed by atoms with Gasteiger partial charge in [0.15, 0.2) is 8.32 Å². The molecule has 1 unspecified atom stereocenters. The minimum Gasteiger partial charge on any atom is -0.494 e. The Morgan fingerprint density at radius 2 is 1.81 bits per heavy atom. The summed E-state index contributed by atoms with van der Waals surface area (Å²) in [5.74, 6) is 0.248. The number of hydrogen-bond donors (Lipinski definition) is 1. The van der Waals surface area contributed by atoms with Gasteiger partial charge in [-0.1, -0.05) is 56.1 Å². The summed E-state index contributed by atoms with van der Waals surface area (Å²) in [7, 11) is -2.00. The fourth-order valence-electron chi connectivity index (χ4n) is 3.59. The van der Waals surface area contributed by atoms with Crippen LogP contribution in [0.2, 0.25) is 28.2 Å². The van der Waals surface area contributed by atoms with Crippen molar-refractivity contribution in [1.29, 1.82) is 0 Å². The molecule has 0 saturated heterocycles. The molecule has 36 heavy (non-hydrogen) atoms. The molecule has 2 aromatic carbocycles. The Bertz CT molecular complexity index is 1170. The van der Waals surface area contributed by atoms with Gasteiger partial charge in [0.1, 0.15) is 11.4 Å². The lowest BCUT2D eigenvalue weighted by atomic mass is 10.1. The quantitative estimate of drug-likeness (QED) is 0.203. The van der Waals surface area contributed by atoms with E-state index in [1.54, 1.807) is 18.6 Å². The normalized spacial score (nSPS) is 13.0. The van der Waals surface area contributed by atoms with Crippen molar-refractivity contribution in [2.45, 2.75) is 64.4 Å². The maximum Gasteiger partial charge on any atom is 0.268 e. The van der Waals surface area contributed by atoms with Gasteiger partial charge in [0.05, 0.1) is 19.0 Å². The third kappa shape index (κ3) is 7.84. The molecular formula is C27H35Cl2N3O3Si. The lowest BCUT2D eigenvalue weighted by Gasteiger charge is -2.39. The molecule has 0 saturated carbocycles. The van der Waals surface area contributed by atoms with Gasteiger partial charge in [0.2, 0.25) is 0 Å². The van der Waals surface area contributed by atoms with Crippen molar-refractivity contribution in [1.82, 2.24) is 9.55 Å². The predicted molar refractivity (Wildman–Crippen MR) is 149 cm³/mol. The number of carbonyl (C=O) groups is 1. The molecule has 1 heterocycles. The van der Waals surface area contributed by atoms with Gasteiger partial charge >= 0.3 is 0 Å². The Balaban J connectivity index is 1.64. The molecule has 194 valence electrons. The number of nitrogens with two attached hydrogens (primary N) is 1. The number of imidazole rings is 1. The number of aromatic nitrogens is 2. The molecule has 0 aliphatic heterocycles. The first-order valence-corrected chi connectivity index (χ1v) is 15.7. The van der Waals surface area contributed by atoms with Crippen LogP contribution in [0.3, 0.4) is 0 Å². The second kappa shape index (κ2) is 11.8. The number of nitrogens with zero attached hydrogens (tertiary/aromatic N) is 2. The van der Waals surface area contributed by atoms with Gasteiger partial charge < -0.3 is 19.5 Å². The second-order valence-electron chi connectivity index (χ2n) is 10.5. The van der Waals surface area contributed by atoms with Crippen LogP contribution < -0.4 is 10.5 Å². The highest BCUT2D eigenvalue weighted by Gasteiger charge is 2.39. The molecule has 0 radical (unpaired) electrons. The summed E-state index contributed by atoms with van der Waals surface area (Å²) >= 11 is 12.3. The van der Waals surface area contributed by atoms with Crippen LogP contribution in [0.25, 0.3) is 11.1 Å². The molecule has 1 atom stereocenters. The fraction of sp³-hybridized carbons (Fsp3) is 0.407. The molecule has 1 amide bonds. The van der Waals surface area contributed by atoms with Crippen molar-refractivity contribution in [2.75, 3.05) is 6.61 Å². The van der Waals surface area contributed by atoms with E-state index < -0.39 is 14.2 Å². The maximum atomic E-state index is 11.4. The van der Waals surface area contributed by atoms with Gasteiger partial charge in [-0.2, -0.15) is 0 Å². The van der Waals surface area contributed by atoms with E-state index >= 15 is 0 Å². The van der Waals surface area contributed by atoms with Gasteiger partial charge in [0.25, 0.3) is 5.91 Å². The Hall–Kier alpha value is -2.32. The predicted octanol–water partition coefficient (Wildman–Crippen LogP) is 7.21. The number of benzene rings is 2. The number of carbonyl (C=O) groups excluding carboxylic acids is 1. The minimum absolute atomic E-state index is 0.0376. The molecule has 0 aliphatic carbocycles. The summed E-state index contributed by atoms with van der Waals surface area (Å²) in [6.07, 6.45) is 4.88. The summed E-state index contributed by atoms with van der Waals surface area (Å²) < 4.78 is 14.7. The zero-order valence-corrected chi connectivity index (χ0v) is 24.1. The molecule has 3 aromatic rings. The molecule has 2 N–H and O–H groups in total. The SMILES string of the molecule is CC(C)(C)[Si](C)(C)OC(CCCOc1cccc(-c2cc(Cl)cc(Cl)c2)c1)Cn1cnc(C(N)=O)c1. The molecular weight excluding hydrogens is 513 g/mol.